The number of rotatable bonds is 2. The van der Waals surface area contributed by atoms with E-state index in [0.717, 1.165) is 6.42 Å². The molecule has 3 atom stereocenters. The summed E-state index contributed by atoms with van der Waals surface area (Å²) in [5, 5.41) is 13.5. The molecule has 2 rings (SSSR count). The van der Waals surface area contributed by atoms with Crippen LogP contribution in [0.5, 0.6) is 0 Å². The molecule has 0 amide bonds. The Morgan fingerprint density at radius 1 is 1.00 bits per heavy atom. The molecular weight excluding hydrogens is 220 g/mol. The van der Waals surface area contributed by atoms with Gasteiger partial charge in [0.2, 0.25) is 0 Å². The van der Waals surface area contributed by atoms with Gasteiger partial charge in [-0.1, -0.05) is 52.4 Å². The van der Waals surface area contributed by atoms with Gasteiger partial charge in [-0.15, -0.1) is 0 Å². The Bertz CT molecular complexity index is 299. The highest BCUT2D eigenvalue weighted by atomic mass is 15.0. The molecule has 0 aromatic rings. The third-order valence-electron chi connectivity index (χ3n) is 5.38. The lowest BCUT2D eigenvalue weighted by Gasteiger charge is -2.43. The number of hydrogen-bond donors (Lipinski definition) is 1. The van der Waals surface area contributed by atoms with Crippen molar-refractivity contribution in [2.75, 3.05) is 0 Å². The second kappa shape index (κ2) is 6.06. The first-order valence-electron chi connectivity index (χ1n) is 7.87. The van der Waals surface area contributed by atoms with E-state index in [1.165, 1.54) is 51.4 Å². The zero-order valence-electron chi connectivity index (χ0n) is 12.0. The minimum Gasteiger partial charge on any atom is -0.296 e. The Hall–Kier alpha value is -0.550. The minimum absolute atomic E-state index is 0.243. The predicted molar refractivity (Wildman–Crippen MR) is 75.1 cm³/mol. The lowest BCUT2D eigenvalue weighted by Crippen LogP contribution is -2.56. The van der Waals surface area contributed by atoms with Crippen molar-refractivity contribution in [1.82, 2.24) is 5.32 Å². The van der Waals surface area contributed by atoms with Crippen molar-refractivity contribution in [1.29, 1.82) is 5.26 Å². The highest BCUT2D eigenvalue weighted by molar-refractivity contribution is 5.13. The second-order valence-corrected chi connectivity index (χ2v) is 6.57. The van der Waals surface area contributed by atoms with Gasteiger partial charge >= 0.3 is 0 Å². The summed E-state index contributed by atoms with van der Waals surface area (Å²) >= 11 is 0. The van der Waals surface area contributed by atoms with Gasteiger partial charge in [-0.05, 0) is 31.1 Å². The third kappa shape index (κ3) is 2.88. The van der Waals surface area contributed by atoms with E-state index in [1.54, 1.807) is 0 Å². The maximum Gasteiger partial charge on any atom is 0.109 e. The molecule has 0 aromatic heterocycles. The molecule has 0 bridgehead atoms. The van der Waals surface area contributed by atoms with Crippen LogP contribution in [0.25, 0.3) is 0 Å². The summed E-state index contributed by atoms with van der Waals surface area (Å²) in [4.78, 5) is 0. The summed E-state index contributed by atoms with van der Waals surface area (Å²) in [5.41, 5.74) is -0.243. The van der Waals surface area contributed by atoms with Crippen LogP contribution in [0.2, 0.25) is 0 Å². The summed E-state index contributed by atoms with van der Waals surface area (Å²) in [6.45, 7) is 4.58. The lowest BCUT2D eigenvalue weighted by molar-refractivity contribution is 0.135. The average Bonchev–Trinajstić information content (AvgIpc) is 2.64. The van der Waals surface area contributed by atoms with Crippen LogP contribution in [0.1, 0.15) is 71.6 Å². The van der Waals surface area contributed by atoms with Gasteiger partial charge < -0.3 is 0 Å². The quantitative estimate of drug-likeness (QED) is 0.749. The van der Waals surface area contributed by atoms with E-state index in [9.17, 15) is 5.26 Å². The Kier molecular flexibility index (Phi) is 4.67. The fourth-order valence-corrected chi connectivity index (χ4v) is 3.85. The monoisotopic (exact) mass is 248 g/mol. The fourth-order valence-electron chi connectivity index (χ4n) is 3.85. The summed E-state index contributed by atoms with van der Waals surface area (Å²) in [6.07, 6.45) is 11.5. The molecule has 0 radical (unpaired) electrons. The first kappa shape index (κ1) is 13.9. The Morgan fingerprint density at radius 3 is 2.28 bits per heavy atom. The molecule has 1 N–H and O–H groups in total. The van der Waals surface area contributed by atoms with Gasteiger partial charge in [-0.3, -0.25) is 5.32 Å². The Balaban J connectivity index is 2.04. The van der Waals surface area contributed by atoms with Crippen LogP contribution >= 0.6 is 0 Å². The molecule has 18 heavy (non-hydrogen) atoms. The number of nitrogens with one attached hydrogen (secondary N) is 1. The van der Waals surface area contributed by atoms with Gasteiger partial charge in [0.05, 0.1) is 6.07 Å². The van der Waals surface area contributed by atoms with Crippen molar-refractivity contribution < 1.29 is 0 Å². The van der Waals surface area contributed by atoms with Gasteiger partial charge in [-0.25, -0.2) is 0 Å². The summed E-state index contributed by atoms with van der Waals surface area (Å²) in [7, 11) is 0. The zero-order chi connectivity index (χ0) is 13.0. The third-order valence-corrected chi connectivity index (χ3v) is 5.38. The highest BCUT2D eigenvalue weighted by Crippen LogP contribution is 2.38. The summed E-state index contributed by atoms with van der Waals surface area (Å²) in [5.74, 6) is 1.16. The van der Waals surface area contributed by atoms with Gasteiger partial charge in [0.25, 0.3) is 0 Å². The van der Waals surface area contributed by atoms with E-state index in [2.05, 4.69) is 25.2 Å². The zero-order valence-corrected chi connectivity index (χ0v) is 12.0. The minimum atomic E-state index is -0.243. The van der Waals surface area contributed by atoms with Crippen molar-refractivity contribution in [2.24, 2.45) is 11.8 Å². The predicted octanol–water partition coefficient (Wildman–Crippen LogP) is 4.02. The molecule has 2 aliphatic rings. The number of nitriles is 1. The van der Waals surface area contributed by atoms with Crippen molar-refractivity contribution in [3.8, 4) is 6.07 Å². The molecule has 2 saturated carbocycles. The van der Waals surface area contributed by atoms with E-state index in [-0.39, 0.29) is 5.54 Å². The molecular formula is C16H28N2. The van der Waals surface area contributed by atoms with E-state index < -0.39 is 0 Å². The molecule has 0 aromatic carbocycles. The Labute approximate surface area is 112 Å². The SMILES string of the molecule is CC1CCCC(C#N)(NC2CCCCCC2)C1C. The summed E-state index contributed by atoms with van der Waals surface area (Å²) < 4.78 is 0. The van der Waals surface area contributed by atoms with Gasteiger partial charge in [0.15, 0.2) is 0 Å². The molecule has 102 valence electrons. The van der Waals surface area contributed by atoms with Crippen LogP contribution in [0, 0.1) is 23.2 Å². The topological polar surface area (TPSA) is 35.8 Å². The number of nitrogens with zero attached hydrogens (tertiary/aromatic N) is 1. The molecule has 2 nitrogen and oxygen atoms in total. The van der Waals surface area contributed by atoms with Crippen LogP contribution < -0.4 is 5.32 Å². The fraction of sp³-hybridized carbons (Fsp3) is 0.938. The van der Waals surface area contributed by atoms with Crippen molar-refractivity contribution in [3.63, 3.8) is 0 Å². The normalized spacial score (nSPS) is 38.9. The molecule has 2 aliphatic carbocycles. The van der Waals surface area contributed by atoms with Gasteiger partial charge in [0.1, 0.15) is 5.54 Å². The van der Waals surface area contributed by atoms with E-state index in [4.69, 9.17) is 0 Å². The number of hydrogen-bond acceptors (Lipinski definition) is 2. The maximum absolute atomic E-state index is 9.72. The van der Waals surface area contributed by atoms with E-state index in [0.29, 0.717) is 17.9 Å². The molecule has 0 aliphatic heterocycles. The van der Waals surface area contributed by atoms with Crippen LogP contribution in [0.3, 0.4) is 0 Å². The second-order valence-electron chi connectivity index (χ2n) is 6.57. The van der Waals surface area contributed by atoms with Crippen LogP contribution in [-0.4, -0.2) is 11.6 Å². The highest BCUT2D eigenvalue weighted by Gasteiger charge is 2.42. The standard InChI is InChI=1S/C16H28N2/c1-13-8-7-11-16(12-17,14(13)2)18-15-9-5-3-4-6-10-15/h13-15,18H,3-11H2,1-2H3. The van der Waals surface area contributed by atoms with Crippen molar-refractivity contribution in [3.05, 3.63) is 0 Å². The molecule has 3 unspecified atom stereocenters. The van der Waals surface area contributed by atoms with Crippen molar-refractivity contribution >= 4 is 0 Å². The first-order valence-corrected chi connectivity index (χ1v) is 7.87. The smallest absolute Gasteiger partial charge is 0.109 e. The van der Waals surface area contributed by atoms with Crippen molar-refractivity contribution in [2.45, 2.75) is 83.2 Å². The average molecular weight is 248 g/mol. The molecule has 0 spiro atoms. The largest absolute Gasteiger partial charge is 0.296 e. The molecule has 0 saturated heterocycles. The van der Waals surface area contributed by atoms with E-state index >= 15 is 0 Å². The van der Waals surface area contributed by atoms with Gasteiger partial charge in [0, 0.05) is 6.04 Å². The summed E-state index contributed by atoms with van der Waals surface area (Å²) in [6, 6.07) is 3.24. The first-order chi connectivity index (χ1) is 8.68. The van der Waals surface area contributed by atoms with Crippen LogP contribution in [0.4, 0.5) is 0 Å². The molecule has 0 heterocycles. The molecule has 2 heteroatoms. The Morgan fingerprint density at radius 2 is 1.67 bits per heavy atom. The molecule has 2 fully saturated rings. The maximum atomic E-state index is 9.72. The van der Waals surface area contributed by atoms with Crippen LogP contribution in [-0.2, 0) is 0 Å². The lowest BCUT2D eigenvalue weighted by atomic mass is 9.68. The van der Waals surface area contributed by atoms with E-state index in [1.807, 2.05) is 0 Å². The van der Waals surface area contributed by atoms with Gasteiger partial charge in [-0.2, -0.15) is 5.26 Å². The van der Waals surface area contributed by atoms with Crippen LogP contribution in [0.15, 0.2) is 0 Å².